The largest absolute Gasteiger partial charge is 0.484 e. The number of ether oxygens (including phenoxy) is 2. The molecule has 7 nitrogen and oxygen atoms in total. The maximum Gasteiger partial charge on any atom is 0.337 e. The van der Waals surface area contributed by atoms with Gasteiger partial charge >= 0.3 is 12.0 Å². The first-order valence-corrected chi connectivity index (χ1v) is 7.50. The number of nitrogens with one attached hydrogen (secondary N) is 2. The minimum Gasteiger partial charge on any atom is -0.484 e. The minimum absolute atomic E-state index is 0.139. The highest BCUT2D eigenvalue weighted by atomic mass is 16.5. The first-order valence-electron chi connectivity index (χ1n) is 7.50. The molecule has 2 N–H and O–H groups in total. The van der Waals surface area contributed by atoms with Crippen molar-refractivity contribution in [2.75, 3.05) is 13.7 Å². The second-order valence-electron chi connectivity index (χ2n) is 5.31. The van der Waals surface area contributed by atoms with Crippen LogP contribution in [-0.4, -0.2) is 37.7 Å². The molecule has 0 aliphatic heterocycles. The molecule has 0 heterocycles. The molecule has 124 valence electrons. The highest BCUT2D eigenvalue weighted by molar-refractivity contribution is 5.95. The summed E-state index contributed by atoms with van der Waals surface area (Å²) in [7, 11) is 1.28. The Balaban J connectivity index is 1.77. The predicted octanol–water partition coefficient (Wildman–Crippen LogP) is 1.62. The lowest BCUT2D eigenvalue weighted by molar-refractivity contribution is -0.122. The smallest absolute Gasteiger partial charge is 0.337 e. The van der Waals surface area contributed by atoms with Crippen LogP contribution in [0.25, 0.3) is 0 Å². The molecule has 3 amide bonds. The number of methoxy groups -OCH3 is 1. The molecule has 0 bridgehead atoms. The van der Waals surface area contributed by atoms with Gasteiger partial charge in [-0.05, 0) is 31.0 Å². The molecule has 0 unspecified atom stereocenters. The molecule has 0 aromatic heterocycles. The molecule has 1 aliphatic carbocycles. The predicted molar refractivity (Wildman–Crippen MR) is 82.2 cm³/mol. The van der Waals surface area contributed by atoms with Crippen molar-refractivity contribution in [3.63, 3.8) is 0 Å². The van der Waals surface area contributed by atoms with Gasteiger partial charge in [0.05, 0.1) is 12.7 Å². The Morgan fingerprint density at radius 3 is 2.65 bits per heavy atom. The molecular formula is C16H20N2O5. The van der Waals surface area contributed by atoms with Crippen molar-refractivity contribution in [3.05, 3.63) is 29.8 Å². The molecular weight excluding hydrogens is 300 g/mol. The number of carbonyl (C=O) groups excluding carboxylic acids is 3. The Morgan fingerprint density at radius 2 is 1.96 bits per heavy atom. The van der Waals surface area contributed by atoms with Crippen LogP contribution < -0.4 is 15.4 Å². The van der Waals surface area contributed by atoms with Gasteiger partial charge in [0, 0.05) is 6.04 Å². The topological polar surface area (TPSA) is 93.7 Å². The van der Waals surface area contributed by atoms with Crippen LogP contribution in [0.15, 0.2) is 24.3 Å². The van der Waals surface area contributed by atoms with E-state index in [1.54, 1.807) is 18.2 Å². The van der Waals surface area contributed by atoms with Gasteiger partial charge < -0.3 is 14.8 Å². The molecule has 0 spiro atoms. The van der Waals surface area contributed by atoms with Crippen LogP contribution in [0, 0.1) is 0 Å². The first kappa shape index (κ1) is 16.8. The van der Waals surface area contributed by atoms with E-state index >= 15 is 0 Å². The third-order valence-electron chi connectivity index (χ3n) is 3.57. The molecule has 2 rings (SSSR count). The summed E-state index contributed by atoms with van der Waals surface area (Å²) in [5.74, 6) is -0.695. The van der Waals surface area contributed by atoms with Crippen LogP contribution in [0.3, 0.4) is 0 Å². The van der Waals surface area contributed by atoms with Crippen LogP contribution in [-0.2, 0) is 9.53 Å². The summed E-state index contributed by atoms with van der Waals surface area (Å²) in [5, 5.41) is 4.97. The van der Waals surface area contributed by atoms with E-state index in [-0.39, 0.29) is 12.6 Å². The molecule has 1 saturated carbocycles. The zero-order valence-corrected chi connectivity index (χ0v) is 13.0. The van der Waals surface area contributed by atoms with Crippen molar-refractivity contribution in [2.45, 2.75) is 31.7 Å². The minimum atomic E-state index is -0.552. The lowest BCUT2D eigenvalue weighted by Crippen LogP contribution is -2.45. The van der Waals surface area contributed by atoms with Crippen molar-refractivity contribution < 1.29 is 23.9 Å². The third-order valence-corrected chi connectivity index (χ3v) is 3.57. The number of imide groups is 1. The quantitative estimate of drug-likeness (QED) is 0.804. The summed E-state index contributed by atoms with van der Waals surface area (Å²) in [4.78, 5) is 34.7. The fourth-order valence-electron chi connectivity index (χ4n) is 2.43. The average molecular weight is 320 g/mol. The third kappa shape index (κ3) is 5.28. The molecule has 1 aromatic carbocycles. The average Bonchev–Trinajstić information content (AvgIpc) is 3.05. The summed E-state index contributed by atoms with van der Waals surface area (Å²) in [6.07, 6.45) is 4.08. The molecule has 1 aliphatic rings. The standard InChI is InChI=1S/C16H20N2O5/c1-22-15(20)11-5-4-8-13(9-11)23-10-14(19)18-16(21)17-12-6-2-3-7-12/h4-5,8-9,12H,2-3,6-7,10H2,1H3,(H2,17,18,19,21). The zero-order valence-electron chi connectivity index (χ0n) is 13.0. The highest BCUT2D eigenvalue weighted by Gasteiger charge is 2.18. The maximum atomic E-state index is 11.7. The summed E-state index contributed by atoms with van der Waals surface area (Å²) in [6, 6.07) is 5.91. The van der Waals surface area contributed by atoms with Crippen molar-refractivity contribution in [2.24, 2.45) is 0 Å². The number of hydrogen-bond acceptors (Lipinski definition) is 5. The van der Waals surface area contributed by atoms with Gasteiger partial charge in [-0.1, -0.05) is 18.9 Å². The monoisotopic (exact) mass is 320 g/mol. The van der Waals surface area contributed by atoms with Crippen LogP contribution in [0.5, 0.6) is 5.75 Å². The van der Waals surface area contributed by atoms with Crippen molar-refractivity contribution in [1.29, 1.82) is 0 Å². The lowest BCUT2D eigenvalue weighted by Gasteiger charge is -2.12. The number of urea groups is 1. The van der Waals surface area contributed by atoms with Crippen LogP contribution >= 0.6 is 0 Å². The summed E-state index contributed by atoms with van der Waals surface area (Å²) in [5.41, 5.74) is 0.324. The molecule has 0 atom stereocenters. The fraction of sp³-hybridized carbons (Fsp3) is 0.438. The Morgan fingerprint density at radius 1 is 1.22 bits per heavy atom. The molecule has 7 heteroatoms. The van der Waals surface area contributed by atoms with E-state index in [4.69, 9.17) is 4.74 Å². The van der Waals surface area contributed by atoms with Gasteiger partial charge in [0.2, 0.25) is 0 Å². The molecule has 23 heavy (non-hydrogen) atoms. The molecule has 0 radical (unpaired) electrons. The van der Waals surface area contributed by atoms with Gasteiger partial charge in [-0.25, -0.2) is 9.59 Å². The van der Waals surface area contributed by atoms with Gasteiger partial charge in [-0.3, -0.25) is 10.1 Å². The van der Waals surface area contributed by atoms with E-state index in [9.17, 15) is 14.4 Å². The Labute approximate surface area is 134 Å². The van der Waals surface area contributed by atoms with Gasteiger partial charge in [0.1, 0.15) is 5.75 Å². The summed E-state index contributed by atoms with van der Waals surface area (Å²) in [6.45, 7) is -0.317. The normalized spacial score (nSPS) is 14.1. The van der Waals surface area contributed by atoms with E-state index in [2.05, 4.69) is 15.4 Å². The fourth-order valence-corrected chi connectivity index (χ4v) is 2.43. The van der Waals surface area contributed by atoms with E-state index in [0.717, 1.165) is 25.7 Å². The van der Waals surface area contributed by atoms with E-state index in [1.165, 1.54) is 13.2 Å². The van der Waals surface area contributed by atoms with E-state index in [0.29, 0.717) is 11.3 Å². The van der Waals surface area contributed by atoms with Gasteiger partial charge in [-0.2, -0.15) is 0 Å². The SMILES string of the molecule is COC(=O)c1cccc(OCC(=O)NC(=O)NC2CCCC2)c1. The highest BCUT2D eigenvalue weighted by Crippen LogP contribution is 2.17. The van der Waals surface area contributed by atoms with Crippen LogP contribution in [0.4, 0.5) is 4.79 Å². The maximum absolute atomic E-state index is 11.7. The second kappa shape index (κ2) is 8.17. The second-order valence-corrected chi connectivity index (χ2v) is 5.31. The van der Waals surface area contributed by atoms with Crippen LogP contribution in [0.2, 0.25) is 0 Å². The molecule has 1 fully saturated rings. The molecule has 0 saturated heterocycles. The van der Waals surface area contributed by atoms with E-state index < -0.39 is 17.9 Å². The Hall–Kier alpha value is -2.57. The van der Waals surface area contributed by atoms with Crippen molar-refractivity contribution in [3.8, 4) is 5.75 Å². The van der Waals surface area contributed by atoms with E-state index in [1.807, 2.05) is 0 Å². The van der Waals surface area contributed by atoms with Crippen molar-refractivity contribution in [1.82, 2.24) is 10.6 Å². The number of carbonyl (C=O) groups is 3. The zero-order chi connectivity index (χ0) is 16.7. The Kier molecular flexibility index (Phi) is 5.96. The summed E-state index contributed by atoms with van der Waals surface area (Å²) >= 11 is 0. The Bertz CT molecular complexity index is 582. The van der Waals surface area contributed by atoms with Crippen LogP contribution in [0.1, 0.15) is 36.0 Å². The summed E-state index contributed by atoms with van der Waals surface area (Å²) < 4.78 is 9.88. The first-order chi connectivity index (χ1) is 11.1. The van der Waals surface area contributed by atoms with Gasteiger partial charge in [0.15, 0.2) is 6.61 Å². The lowest BCUT2D eigenvalue weighted by atomic mass is 10.2. The van der Waals surface area contributed by atoms with Gasteiger partial charge in [-0.15, -0.1) is 0 Å². The number of benzene rings is 1. The molecule has 1 aromatic rings. The van der Waals surface area contributed by atoms with Crippen molar-refractivity contribution >= 4 is 17.9 Å². The number of hydrogen-bond donors (Lipinski definition) is 2. The number of rotatable bonds is 5. The number of esters is 1. The van der Waals surface area contributed by atoms with Gasteiger partial charge in [0.25, 0.3) is 5.91 Å². The number of amides is 3.